The van der Waals surface area contributed by atoms with Crippen LogP contribution in [0, 0.1) is 6.92 Å². The third kappa shape index (κ3) is 2.26. The van der Waals surface area contributed by atoms with Crippen molar-refractivity contribution in [2.45, 2.75) is 18.9 Å². The highest BCUT2D eigenvalue weighted by molar-refractivity contribution is 9.10. The maximum atomic E-state index is 12.5. The van der Waals surface area contributed by atoms with Crippen LogP contribution < -0.4 is 5.32 Å². The molecule has 1 heterocycles. The van der Waals surface area contributed by atoms with Crippen LogP contribution in [0.2, 0.25) is 0 Å². The molecular formula is C17H14BrNO3. The Labute approximate surface area is 136 Å². The van der Waals surface area contributed by atoms with Gasteiger partial charge in [0.25, 0.3) is 5.91 Å². The number of hydrogen-bond acceptors (Lipinski definition) is 3. The van der Waals surface area contributed by atoms with E-state index in [1.54, 1.807) is 36.4 Å². The maximum absolute atomic E-state index is 12.5. The Morgan fingerprint density at radius 3 is 2.68 bits per heavy atom. The molecule has 2 N–H and O–H groups in total. The van der Waals surface area contributed by atoms with Crippen molar-refractivity contribution >= 4 is 33.3 Å². The second kappa shape index (κ2) is 5.34. The Morgan fingerprint density at radius 2 is 1.95 bits per heavy atom. The first-order chi connectivity index (χ1) is 10.4. The first kappa shape index (κ1) is 14.9. The topological polar surface area (TPSA) is 66.4 Å². The average molecular weight is 360 g/mol. The predicted molar refractivity (Wildman–Crippen MR) is 86.8 cm³/mol. The monoisotopic (exact) mass is 359 g/mol. The fourth-order valence-corrected chi connectivity index (χ4v) is 3.21. The van der Waals surface area contributed by atoms with Gasteiger partial charge < -0.3 is 10.4 Å². The first-order valence-corrected chi connectivity index (χ1v) is 7.64. The van der Waals surface area contributed by atoms with Crippen molar-refractivity contribution < 1.29 is 14.7 Å². The van der Waals surface area contributed by atoms with Crippen LogP contribution in [0.15, 0.2) is 46.9 Å². The van der Waals surface area contributed by atoms with Crippen molar-refractivity contribution in [1.82, 2.24) is 0 Å². The van der Waals surface area contributed by atoms with Crippen molar-refractivity contribution in [3.05, 3.63) is 63.6 Å². The lowest BCUT2D eigenvalue weighted by atomic mass is 9.87. The standard InChI is InChI=1S/C17H14BrNO3/c1-10-5-4-7-12-15(10)19-16(21)17(12,22)9-14(20)11-6-2-3-8-13(11)18/h2-8,22H,9H2,1H3,(H,19,21). The van der Waals surface area contributed by atoms with Gasteiger partial charge in [-0.25, -0.2) is 0 Å². The molecule has 22 heavy (non-hydrogen) atoms. The molecule has 1 atom stereocenters. The predicted octanol–water partition coefficient (Wildman–Crippen LogP) is 3.17. The highest BCUT2D eigenvalue weighted by atomic mass is 79.9. The second-order valence-corrected chi connectivity index (χ2v) is 6.25. The number of anilines is 1. The molecule has 4 nitrogen and oxygen atoms in total. The van der Waals surface area contributed by atoms with E-state index in [-0.39, 0.29) is 12.2 Å². The van der Waals surface area contributed by atoms with E-state index in [9.17, 15) is 14.7 Å². The van der Waals surface area contributed by atoms with Crippen LogP contribution in [0.4, 0.5) is 5.69 Å². The third-order valence-electron chi connectivity index (χ3n) is 3.92. The van der Waals surface area contributed by atoms with E-state index in [0.717, 1.165) is 5.56 Å². The molecule has 0 saturated carbocycles. The number of aryl methyl sites for hydroxylation is 1. The van der Waals surface area contributed by atoms with Gasteiger partial charge in [-0.3, -0.25) is 9.59 Å². The molecule has 112 valence electrons. The largest absolute Gasteiger partial charge is 0.375 e. The minimum Gasteiger partial charge on any atom is -0.375 e. The highest BCUT2D eigenvalue weighted by Crippen LogP contribution is 2.40. The molecular weight excluding hydrogens is 346 g/mol. The number of carbonyl (C=O) groups excluding carboxylic acids is 2. The van der Waals surface area contributed by atoms with E-state index < -0.39 is 11.5 Å². The fourth-order valence-electron chi connectivity index (χ4n) is 2.71. The molecule has 0 radical (unpaired) electrons. The number of benzene rings is 2. The summed E-state index contributed by atoms with van der Waals surface area (Å²) in [5, 5.41) is 13.5. The van der Waals surface area contributed by atoms with E-state index in [4.69, 9.17) is 0 Å². The van der Waals surface area contributed by atoms with Gasteiger partial charge in [0.1, 0.15) is 0 Å². The van der Waals surface area contributed by atoms with E-state index in [0.29, 0.717) is 21.3 Å². The van der Waals surface area contributed by atoms with Crippen LogP contribution in [0.5, 0.6) is 0 Å². The zero-order valence-electron chi connectivity index (χ0n) is 11.9. The minimum absolute atomic E-state index is 0.292. The lowest BCUT2D eigenvalue weighted by molar-refractivity contribution is -0.133. The van der Waals surface area contributed by atoms with Crippen molar-refractivity contribution in [2.24, 2.45) is 0 Å². The fraction of sp³-hybridized carbons (Fsp3) is 0.176. The summed E-state index contributed by atoms with van der Waals surface area (Å²) in [6, 6.07) is 12.3. The Morgan fingerprint density at radius 1 is 1.23 bits per heavy atom. The summed E-state index contributed by atoms with van der Waals surface area (Å²) in [5.41, 5.74) is 0.529. The Bertz CT molecular complexity index is 787. The van der Waals surface area contributed by atoms with Gasteiger partial charge >= 0.3 is 0 Å². The number of rotatable bonds is 3. The molecule has 0 fully saturated rings. The number of ketones is 1. The smallest absolute Gasteiger partial charge is 0.261 e. The Kier molecular flexibility index (Phi) is 3.62. The van der Waals surface area contributed by atoms with Gasteiger partial charge in [0, 0.05) is 15.6 Å². The number of hydrogen-bond donors (Lipinski definition) is 2. The molecule has 0 aliphatic carbocycles. The lowest BCUT2D eigenvalue weighted by Crippen LogP contribution is -2.36. The van der Waals surface area contributed by atoms with Gasteiger partial charge in [-0.05, 0) is 18.6 Å². The molecule has 2 aromatic carbocycles. The molecule has 1 aliphatic rings. The van der Waals surface area contributed by atoms with Gasteiger partial charge in [0.2, 0.25) is 0 Å². The molecule has 1 amide bonds. The average Bonchev–Trinajstić information content (AvgIpc) is 2.73. The zero-order chi connectivity index (χ0) is 15.9. The minimum atomic E-state index is -1.83. The first-order valence-electron chi connectivity index (χ1n) is 6.85. The van der Waals surface area contributed by atoms with Gasteiger partial charge in [0.05, 0.1) is 12.1 Å². The van der Waals surface area contributed by atoms with Crippen LogP contribution in [-0.4, -0.2) is 16.8 Å². The summed E-state index contributed by atoms with van der Waals surface area (Å²) in [6.45, 7) is 1.85. The van der Waals surface area contributed by atoms with Gasteiger partial charge in [-0.1, -0.05) is 52.3 Å². The van der Waals surface area contributed by atoms with E-state index >= 15 is 0 Å². The number of para-hydroxylation sites is 1. The summed E-state index contributed by atoms with van der Waals surface area (Å²) in [5.74, 6) is -0.850. The highest BCUT2D eigenvalue weighted by Gasteiger charge is 2.47. The molecule has 0 spiro atoms. The van der Waals surface area contributed by atoms with E-state index in [1.165, 1.54) is 0 Å². The van der Waals surface area contributed by atoms with Crippen LogP contribution in [-0.2, 0) is 10.4 Å². The zero-order valence-corrected chi connectivity index (χ0v) is 13.5. The van der Waals surface area contributed by atoms with Gasteiger partial charge in [-0.15, -0.1) is 0 Å². The van der Waals surface area contributed by atoms with Crippen molar-refractivity contribution in [2.75, 3.05) is 5.32 Å². The molecule has 5 heteroatoms. The quantitative estimate of drug-likeness (QED) is 0.827. The number of fused-ring (bicyclic) bond motifs is 1. The number of carbonyl (C=O) groups is 2. The summed E-state index contributed by atoms with van der Waals surface area (Å²) < 4.78 is 0.645. The molecule has 1 aliphatic heterocycles. The molecule has 0 aromatic heterocycles. The summed E-state index contributed by atoms with van der Waals surface area (Å²) >= 11 is 3.32. The van der Waals surface area contributed by atoms with Crippen LogP contribution >= 0.6 is 15.9 Å². The Balaban J connectivity index is 1.99. The summed E-state index contributed by atoms with van der Waals surface area (Å²) in [6.07, 6.45) is -0.294. The van der Waals surface area contributed by atoms with Crippen LogP contribution in [0.1, 0.15) is 27.9 Å². The third-order valence-corrected chi connectivity index (χ3v) is 4.61. The second-order valence-electron chi connectivity index (χ2n) is 5.39. The number of aliphatic hydroxyl groups is 1. The molecule has 0 bridgehead atoms. The Hall–Kier alpha value is -1.98. The van der Waals surface area contributed by atoms with Crippen LogP contribution in [0.25, 0.3) is 0 Å². The number of halogens is 1. The number of nitrogens with one attached hydrogen (secondary N) is 1. The van der Waals surface area contributed by atoms with Crippen LogP contribution in [0.3, 0.4) is 0 Å². The van der Waals surface area contributed by atoms with E-state index in [1.807, 2.05) is 13.0 Å². The maximum Gasteiger partial charge on any atom is 0.261 e. The summed E-state index contributed by atoms with van der Waals surface area (Å²) in [7, 11) is 0. The van der Waals surface area contributed by atoms with Crippen molar-refractivity contribution in [3.63, 3.8) is 0 Å². The molecule has 2 aromatic rings. The van der Waals surface area contributed by atoms with Gasteiger partial charge in [-0.2, -0.15) is 0 Å². The van der Waals surface area contributed by atoms with E-state index in [2.05, 4.69) is 21.2 Å². The van der Waals surface area contributed by atoms with Crippen molar-refractivity contribution in [3.8, 4) is 0 Å². The molecule has 3 rings (SSSR count). The lowest BCUT2D eigenvalue weighted by Gasteiger charge is -2.20. The SMILES string of the molecule is Cc1cccc2c1NC(=O)C2(O)CC(=O)c1ccccc1Br. The number of Topliss-reactive ketones (excluding diaryl/α,β-unsaturated/α-hetero) is 1. The molecule has 0 saturated heterocycles. The molecule has 1 unspecified atom stereocenters. The normalized spacial score (nSPS) is 19.7. The number of amides is 1. The summed E-state index contributed by atoms with van der Waals surface area (Å²) in [4.78, 5) is 24.7. The van der Waals surface area contributed by atoms with Gasteiger partial charge in [0.15, 0.2) is 11.4 Å². The van der Waals surface area contributed by atoms with Crippen molar-refractivity contribution in [1.29, 1.82) is 0 Å².